The first-order valence-corrected chi connectivity index (χ1v) is 11.5. The molecule has 0 atom stereocenters. The van der Waals surface area contributed by atoms with Crippen molar-refractivity contribution in [2.24, 2.45) is 0 Å². The van der Waals surface area contributed by atoms with E-state index < -0.39 is 85.5 Å². The first kappa shape index (κ1) is 29.1. The van der Waals surface area contributed by atoms with E-state index >= 15 is 0 Å². The first-order chi connectivity index (χ1) is 12.9. The van der Waals surface area contributed by atoms with E-state index in [1.165, 1.54) is 0 Å². The van der Waals surface area contributed by atoms with Gasteiger partial charge < -0.3 is 0 Å². The van der Waals surface area contributed by atoms with Crippen LogP contribution in [0.15, 0.2) is 0 Å². The molecule has 0 amide bonds. The highest BCUT2D eigenvalue weighted by atomic mass is 32.2. The van der Waals surface area contributed by atoms with Crippen LogP contribution in [0.2, 0.25) is 0 Å². The molecule has 0 saturated carbocycles. The van der Waals surface area contributed by atoms with Gasteiger partial charge in [-0.3, -0.25) is 12.5 Å². The quantitative estimate of drug-likeness (QED) is 0.285. The molecule has 0 unspecified atom stereocenters. The fourth-order valence-electron chi connectivity index (χ4n) is 1.39. The Labute approximate surface area is 163 Å². The number of hydrogen-bond acceptors (Lipinski definition) is 9. The summed E-state index contributed by atoms with van der Waals surface area (Å²) < 4.78 is 187. The third-order valence-electron chi connectivity index (χ3n) is 2.17. The van der Waals surface area contributed by atoms with Gasteiger partial charge in [0, 0.05) is 0 Å². The molecule has 0 bridgehead atoms. The van der Waals surface area contributed by atoms with Crippen LogP contribution in [0.1, 0.15) is 0 Å². The summed E-state index contributed by atoms with van der Waals surface area (Å²) in [4.78, 5) is 0. The predicted molar refractivity (Wildman–Crippen MR) is 76.3 cm³/mol. The van der Waals surface area contributed by atoms with Gasteiger partial charge >= 0.3 is 18.5 Å². The van der Waals surface area contributed by atoms with Gasteiger partial charge in [-0.15, -0.1) is 0 Å². The van der Waals surface area contributed by atoms with Crippen LogP contribution < -0.4 is 0 Å². The van der Waals surface area contributed by atoms with E-state index in [0.29, 0.717) is 0 Å². The Morgan fingerprint density at radius 1 is 0.533 bits per heavy atom. The van der Waals surface area contributed by atoms with Crippen LogP contribution in [-0.2, 0) is 42.9 Å². The molecule has 30 heavy (non-hydrogen) atoms. The molecule has 182 valence electrons. The molecule has 0 aromatic heterocycles. The third kappa shape index (κ3) is 15.9. The summed E-state index contributed by atoms with van der Waals surface area (Å²) in [5.74, 6) is -7.97. The van der Waals surface area contributed by atoms with E-state index in [-0.39, 0.29) is 0 Å². The van der Waals surface area contributed by atoms with Gasteiger partial charge in [0.2, 0.25) is 0 Å². The van der Waals surface area contributed by atoms with Crippen LogP contribution in [-0.4, -0.2) is 80.4 Å². The molecule has 0 N–H and O–H groups in total. The molecule has 9 nitrogen and oxygen atoms in total. The maximum Gasteiger partial charge on any atom is 0.405 e. The van der Waals surface area contributed by atoms with Crippen molar-refractivity contribution in [2.75, 3.05) is 30.5 Å². The number of alkyl halides is 9. The van der Waals surface area contributed by atoms with Crippen LogP contribution in [0.4, 0.5) is 39.5 Å². The lowest BCUT2D eigenvalue weighted by atomic mass is 10.4. The molecule has 0 aliphatic heterocycles. The molecule has 0 rings (SSSR count). The average molecular weight is 530 g/mol. The molecule has 0 heterocycles. The maximum atomic E-state index is 12.2. The predicted octanol–water partition coefficient (Wildman–Crippen LogP) is 1.08. The van der Waals surface area contributed by atoms with Crippen molar-refractivity contribution >= 4 is 30.4 Å². The molecule has 21 heteroatoms. The molecule has 0 radical (unpaired) electrons. The van der Waals surface area contributed by atoms with Crippen molar-refractivity contribution in [3.8, 4) is 0 Å². The lowest BCUT2D eigenvalue weighted by molar-refractivity contribution is -0.110. The second kappa shape index (κ2) is 9.71. The lowest BCUT2D eigenvalue weighted by Gasteiger charge is -2.18. The Morgan fingerprint density at radius 2 is 0.800 bits per heavy atom. The van der Waals surface area contributed by atoms with Crippen molar-refractivity contribution in [1.29, 1.82) is 0 Å². The smallest absolute Gasteiger partial charge is 0.267 e. The van der Waals surface area contributed by atoms with Gasteiger partial charge in [-0.2, -0.15) is 64.8 Å². The highest BCUT2D eigenvalue weighted by molar-refractivity contribution is 7.87. The van der Waals surface area contributed by atoms with Crippen LogP contribution >= 0.6 is 0 Å². The fourth-order valence-corrected chi connectivity index (χ4v) is 4.07. The minimum Gasteiger partial charge on any atom is -0.267 e. The maximum absolute atomic E-state index is 12.2. The standard InChI is InChI=1S/C9H11F9O9S3/c10-7(11,12)3-28(19,20)25-1-6(27-30(23,24)5-9(16,17)18)2-26-29(21,22)4-8(13,14)15/h6H,1-5H2. The van der Waals surface area contributed by atoms with Crippen LogP contribution in [0.3, 0.4) is 0 Å². The average Bonchev–Trinajstić information content (AvgIpc) is 2.33. The lowest BCUT2D eigenvalue weighted by Crippen LogP contribution is -2.36. The number of halogens is 9. The monoisotopic (exact) mass is 530 g/mol. The Bertz CT molecular complexity index is 819. The van der Waals surface area contributed by atoms with Gasteiger partial charge in [0.25, 0.3) is 30.4 Å². The minimum atomic E-state index is -5.66. The molecule has 0 aliphatic rings. The zero-order valence-electron chi connectivity index (χ0n) is 13.9. The molecule has 0 aromatic rings. The summed E-state index contributed by atoms with van der Waals surface area (Å²) in [7, 11) is -16.7. The van der Waals surface area contributed by atoms with Crippen molar-refractivity contribution in [3.63, 3.8) is 0 Å². The molecule has 0 fully saturated rings. The van der Waals surface area contributed by atoms with Crippen molar-refractivity contribution in [1.82, 2.24) is 0 Å². The summed E-state index contributed by atoms with van der Waals surface area (Å²) in [6.45, 7) is -3.67. The van der Waals surface area contributed by atoms with Gasteiger partial charge in [-0.25, -0.2) is 0 Å². The van der Waals surface area contributed by atoms with Crippen molar-refractivity contribution in [2.45, 2.75) is 24.6 Å². The third-order valence-corrected chi connectivity index (χ3v) is 5.77. The van der Waals surface area contributed by atoms with Crippen LogP contribution in [0.25, 0.3) is 0 Å². The summed E-state index contributed by atoms with van der Waals surface area (Å²) in [5, 5.41) is 0. The molecular formula is C9H11F9O9S3. The second-order valence-corrected chi connectivity index (χ2v) is 10.1. The van der Waals surface area contributed by atoms with Gasteiger partial charge in [0.15, 0.2) is 17.3 Å². The Kier molecular flexibility index (Phi) is 9.42. The van der Waals surface area contributed by atoms with Crippen LogP contribution in [0, 0.1) is 0 Å². The number of rotatable bonds is 11. The van der Waals surface area contributed by atoms with Crippen molar-refractivity contribution < 1.29 is 77.3 Å². The van der Waals surface area contributed by atoms with E-state index in [0.717, 1.165) is 0 Å². The van der Waals surface area contributed by atoms with Gasteiger partial charge in [0.1, 0.15) is 6.10 Å². The zero-order chi connectivity index (χ0) is 24.2. The SMILES string of the molecule is O=S(=O)(CC(F)(F)F)OCC(COS(=O)(=O)CC(F)(F)F)OS(=O)(=O)CC(F)(F)F. The Balaban J connectivity index is 5.42. The molecule has 0 spiro atoms. The molecule has 0 aliphatic carbocycles. The van der Waals surface area contributed by atoms with Gasteiger partial charge in [0.05, 0.1) is 13.2 Å². The van der Waals surface area contributed by atoms with E-state index in [4.69, 9.17) is 0 Å². The van der Waals surface area contributed by atoms with E-state index in [2.05, 4.69) is 12.5 Å². The summed E-state index contributed by atoms with van der Waals surface area (Å²) in [6, 6.07) is 0. The fraction of sp³-hybridized carbons (Fsp3) is 1.00. The van der Waals surface area contributed by atoms with Gasteiger partial charge in [-0.05, 0) is 0 Å². The van der Waals surface area contributed by atoms with E-state index in [1.54, 1.807) is 0 Å². The highest BCUT2D eigenvalue weighted by Gasteiger charge is 2.40. The topological polar surface area (TPSA) is 130 Å². The minimum absolute atomic E-state index is 1.84. The summed E-state index contributed by atoms with van der Waals surface area (Å²) in [5.41, 5.74) is 0. The molecular weight excluding hydrogens is 519 g/mol. The normalized spacial score (nSPS) is 15.0. The second-order valence-electron chi connectivity index (χ2n) is 5.24. The number of hydrogen-bond donors (Lipinski definition) is 0. The molecule has 0 saturated heterocycles. The van der Waals surface area contributed by atoms with Crippen LogP contribution in [0.5, 0.6) is 0 Å². The summed E-state index contributed by atoms with van der Waals surface area (Å²) in [6.07, 6.45) is -18.8. The van der Waals surface area contributed by atoms with Gasteiger partial charge in [-0.1, -0.05) is 0 Å². The largest absolute Gasteiger partial charge is 0.405 e. The first-order valence-electron chi connectivity index (χ1n) is 6.76. The Morgan fingerprint density at radius 3 is 1.07 bits per heavy atom. The van der Waals surface area contributed by atoms with E-state index in [1.807, 2.05) is 0 Å². The Hall–Kier alpha value is -0.900. The summed E-state index contributed by atoms with van der Waals surface area (Å²) >= 11 is 0. The highest BCUT2D eigenvalue weighted by Crippen LogP contribution is 2.22. The molecule has 0 aromatic carbocycles. The van der Waals surface area contributed by atoms with Crippen molar-refractivity contribution in [3.05, 3.63) is 0 Å². The zero-order valence-corrected chi connectivity index (χ0v) is 16.4. The van der Waals surface area contributed by atoms with E-state index in [9.17, 15) is 64.8 Å².